The first-order valence-corrected chi connectivity index (χ1v) is 9.10. The van der Waals surface area contributed by atoms with Crippen molar-refractivity contribution in [1.29, 1.82) is 0 Å². The molecule has 0 radical (unpaired) electrons. The first-order valence-electron chi connectivity index (χ1n) is 8.73. The number of allylic oxidation sites excluding steroid dienone is 5. The van der Waals surface area contributed by atoms with Gasteiger partial charge in [-0.25, -0.2) is 9.67 Å². The van der Waals surface area contributed by atoms with E-state index in [-0.39, 0.29) is 6.61 Å². The molecule has 27 heavy (non-hydrogen) atoms. The van der Waals surface area contributed by atoms with Gasteiger partial charge >= 0.3 is 0 Å². The highest BCUT2D eigenvalue weighted by atomic mass is 35.5. The zero-order valence-corrected chi connectivity index (χ0v) is 15.6. The highest BCUT2D eigenvalue weighted by molar-refractivity contribution is 6.31. The fourth-order valence-corrected chi connectivity index (χ4v) is 3.12. The normalized spacial score (nSPS) is 19.9. The average Bonchev–Trinajstić information content (AvgIpc) is 3.07. The second-order valence-electron chi connectivity index (χ2n) is 6.44. The Kier molecular flexibility index (Phi) is 4.92. The Morgan fingerprint density at radius 2 is 2.26 bits per heavy atom. The summed E-state index contributed by atoms with van der Waals surface area (Å²) in [4.78, 5) is 8.93. The monoisotopic (exact) mass is 382 g/mol. The third kappa shape index (κ3) is 3.86. The maximum atomic E-state index is 10.4. The Morgan fingerprint density at radius 3 is 3.07 bits per heavy atom. The van der Waals surface area contributed by atoms with Crippen molar-refractivity contribution < 1.29 is 9.84 Å². The molecule has 0 fully saturated rings. The van der Waals surface area contributed by atoms with Crippen LogP contribution in [0.2, 0.25) is 5.02 Å². The van der Waals surface area contributed by atoms with Gasteiger partial charge in [-0.3, -0.25) is 0 Å². The second kappa shape index (κ2) is 7.50. The molecule has 2 heterocycles. The van der Waals surface area contributed by atoms with E-state index in [0.717, 1.165) is 17.6 Å². The van der Waals surface area contributed by atoms with Gasteiger partial charge in [-0.2, -0.15) is 4.98 Å². The summed E-state index contributed by atoms with van der Waals surface area (Å²) in [5.41, 5.74) is 2.70. The summed E-state index contributed by atoms with van der Waals surface area (Å²) in [7, 11) is 0. The van der Waals surface area contributed by atoms with Gasteiger partial charge in [0.15, 0.2) is 12.1 Å². The van der Waals surface area contributed by atoms with Gasteiger partial charge in [0.25, 0.3) is 5.95 Å². The zero-order chi connectivity index (χ0) is 18.8. The SMILES string of the molecule is Cc1c(Cl)cccc1OCC1=Nc2nc(C=C3C=CC=CC3)nn2C(O)C1. The number of aliphatic hydroxyl groups is 1. The summed E-state index contributed by atoms with van der Waals surface area (Å²) < 4.78 is 7.28. The summed E-state index contributed by atoms with van der Waals surface area (Å²) in [6, 6.07) is 5.52. The summed E-state index contributed by atoms with van der Waals surface area (Å²) in [6.45, 7) is 2.16. The third-order valence-electron chi connectivity index (χ3n) is 4.43. The summed E-state index contributed by atoms with van der Waals surface area (Å²) in [5.74, 6) is 1.63. The number of halogens is 1. The maximum absolute atomic E-state index is 10.4. The van der Waals surface area contributed by atoms with E-state index in [9.17, 15) is 5.11 Å². The van der Waals surface area contributed by atoms with Crippen LogP contribution in [0.3, 0.4) is 0 Å². The van der Waals surface area contributed by atoms with Crippen molar-refractivity contribution in [2.45, 2.75) is 26.0 Å². The Labute approximate surface area is 162 Å². The molecule has 1 aliphatic carbocycles. The van der Waals surface area contributed by atoms with E-state index >= 15 is 0 Å². The predicted octanol–water partition coefficient (Wildman–Crippen LogP) is 4.19. The van der Waals surface area contributed by atoms with Crippen LogP contribution in [-0.4, -0.2) is 32.2 Å². The summed E-state index contributed by atoms with van der Waals surface area (Å²) in [5, 5.41) is 15.4. The number of hydrogen-bond acceptors (Lipinski definition) is 5. The van der Waals surface area contributed by atoms with Crippen LogP contribution in [0.1, 0.15) is 30.5 Å². The lowest BCUT2D eigenvalue weighted by Gasteiger charge is -2.19. The van der Waals surface area contributed by atoms with Crippen LogP contribution >= 0.6 is 11.6 Å². The molecule has 2 aromatic rings. The molecular formula is C20H19ClN4O2. The van der Waals surface area contributed by atoms with Crippen LogP contribution < -0.4 is 4.74 Å². The van der Waals surface area contributed by atoms with Crippen molar-refractivity contribution in [2.24, 2.45) is 4.99 Å². The van der Waals surface area contributed by atoms with E-state index in [1.54, 1.807) is 0 Å². The molecule has 0 saturated heterocycles. The van der Waals surface area contributed by atoms with Gasteiger partial charge in [0.05, 0.1) is 5.71 Å². The first-order chi connectivity index (χ1) is 13.1. The molecule has 4 rings (SSSR count). The summed E-state index contributed by atoms with van der Waals surface area (Å²) >= 11 is 6.12. The number of aliphatic hydroxyl groups excluding tert-OH is 1. The molecule has 1 aliphatic heterocycles. The number of aromatic nitrogens is 3. The Morgan fingerprint density at radius 1 is 1.37 bits per heavy atom. The molecule has 0 bridgehead atoms. The molecule has 1 unspecified atom stereocenters. The predicted molar refractivity (Wildman–Crippen MR) is 106 cm³/mol. The van der Waals surface area contributed by atoms with E-state index in [1.165, 1.54) is 4.68 Å². The molecule has 1 aromatic heterocycles. The Balaban J connectivity index is 1.52. The van der Waals surface area contributed by atoms with E-state index < -0.39 is 6.23 Å². The van der Waals surface area contributed by atoms with Gasteiger partial charge in [0.2, 0.25) is 0 Å². The highest BCUT2D eigenvalue weighted by Gasteiger charge is 2.23. The molecule has 1 N–H and O–H groups in total. The third-order valence-corrected chi connectivity index (χ3v) is 4.84. The number of ether oxygens (including phenoxy) is 1. The maximum Gasteiger partial charge on any atom is 0.250 e. The fourth-order valence-electron chi connectivity index (χ4n) is 2.95. The lowest BCUT2D eigenvalue weighted by Crippen LogP contribution is -2.23. The van der Waals surface area contributed by atoms with Crippen LogP contribution in [0.4, 0.5) is 5.95 Å². The lowest BCUT2D eigenvalue weighted by molar-refractivity contribution is 0.0955. The smallest absolute Gasteiger partial charge is 0.250 e. The standard InChI is InChI=1S/C20H19ClN4O2/c1-13-16(21)8-5-9-17(13)27-12-15-11-19(26)25-20(22-15)23-18(24-25)10-14-6-3-2-4-7-14/h2-6,8-10,19,26H,7,11-12H2,1H3. The minimum absolute atomic E-state index is 0.259. The van der Waals surface area contributed by atoms with Crippen molar-refractivity contribution >= 4 is 29.3 Å². The van der Waals surface area contributed by atoms with Crippen LogP contribution in [0, 0.1) is 6.92 Å². The van der Waals surface area contributed by atoms with Crippen molar-refractivity contribution in [2.75, 3.05) is 6.61 Å². The van der Waals surface area contributed by atoms with E-state index in [1.807, 2.05) is 49.4 Å². The van der Waals surface area contributed by atoms with Crippen LogP contribution in [-0.2, 0) is 0 Å². The quantitative estimate of drug-likeness (QED) is 0.860. The topological polar surface area (TPSA) is 72.5 Å². The molecule has 1 aromatic carbocycles. The number of fused-ring (bicyclic) bond motifs is 1. The highest BCUT2D eigenvalue weighted by Crippen LogP contribution is 2.27. The minimum atomic E-state index is -0.807. The van der Waals surface area contributed by atoms with Crippen molar-refractivity contribution in [1.82, 2.24) is 14.8 Å². The lowest BCUT2D eigenvalue weighted by atomic mass is 10.1. The molecular weight excluding hydrogens is 364 g/mol. The average molecular weight is 383 g/mol. The van der Waals surface area contributed by atoms with Gasteiger partial charge in [-0.05, 0) is 37.1 Å². The molecule has 0 saturated carbocycles. The molecule has 138 valence electrons. The Bertz CT molecular complexity index is 988. The molecule has 0 amide bonds. The van der Waals surface area contributed by atoms with E-state index in [4.69, 9.17) is 16.3 Å². The molecule has 2 aliphatic rings. The van der Waals surface area contributed by atoms with Crippen LogP contribution in [0.15, 0.2) is 53.1 Å². The van der Waals surface area contributed by atoms with Gasteiger partial charge in [-0.15, -0.1) is 5.10 Å². The number of hydrogen-bond donors (Lipinski definition) is 1. The van der Waals surface area contributed by atoms with Gasteiger partial charge in [0, 0.05) is 17.0 Å². The number of benzene rings is 1. The molecule has 0 spiro atoms. The van der Waals surface area contributed by atoms with Crippen LogP contribution in [0.25, 0.3) is 6.08 Å². The molecule has 7 heteroatoms. The second-order valence-corrected chi connectivity index (χ2v) is 6.85. The van der Waals surface area contributed by atoms with Crippen LogP contribution in [0.5, 0.6) is 5.75 Å². The van der Waals surface area contributed by atoms with E-state index in [2.05, 4.69) is 21.2 Å². The van der Waals surface area contributed by atoms with Gasteiger partial charge in [0.1, 0.15) is 12.4 Å². The minimum Gasteiger partial charge on any atom is -0.487 e. The first kappa shape index (κ1) is 17.7. The zero-order valence-electron chi connectivity index (χ0n) is 14.8. The van der Waals surface area contributed by atoms with Gasteiger partial charge < -0.3 is 9.84 Å². The Hall–Kier alpha value is -2.70. The summed E-state index contributed by atoms with van der Waals surface area (Å²) in [6.07, 6.45) is 10.3. The largest absolute Gasteiger partial charge is 0.487 e. The number of aliphatic imine (C=N–C) groups is 1. The van der Waals surface area contributed by atoms with E-state index in [0.29, 0.717) is 34.7 Å². The van der Waals surface area contributed by atoms with Crippen molar-refractivity contribution in [3.63, 3.8) is 0 Å². The molecule has 1 atom stereocenters. The number of rotatable bonds is 4. The number of nitrogens with zero attached hydrogens (tertiary/aromatic N) is 4. The fraction of sp³-hybridized carbons (Fsp3) is 0.250. The molecule has 6 nitrogen and oxygen atoms in total. The van der Waals surface area contributed by atoms with Gasteiger partial charge in [-0.1, -0.05) is 42.0 Å². The van der Waals surface area contributed by atoms with Crippen molar-refractivity contribution in [3.05, 3.63) is 64.5 Å². The van der Waals surface area contributed by atoms with Crippen molar-refractivity contribution in [3.8, 4) is 5.75 Å².